The zero-order valence-corrected chi connectivity index (χ0v) is 11.4. The molecule has 3 N–H and O–H groups in total. The molecule has 0 radical (unpaired) electrons. The van der Waals surface area contributed by atoms with Crippen molar-refractivity contribution in [1.82, 2.24) is 25.2 Å². The number of rotatable bonds is 6. The van der Waals surface area contributed by atoms with Gasteiger partial charge in [-0.2, -0.15) is 0 Å². The highest BCUT2D eigenvalue weighted by Gasteiger charge is 2.21. The van der Waals surface area contributed by atoms with E-state index >= 15 is 0 Å². The van der Waals surface area contributed by atoms with E-state index in [1.807, 2.05) is 0 Å². The number of aromatic nitrogens is 3. The van der Waals surface area contributed by atoms with Gasteiger partial charge in [0, 0.05) is 13.1 Å². The molecule has 1 aromatic rings. The molecule has 0 unspecified atom stereocenters. The van der Waals surface area contributed by atoms with Crippen LogP contribution in [0.4, 0.5) is 0 Å². The zero-order chi connectivity index (χ0) is 14.4. The summed E-state index contributed by atoms with van der Waals surface area (Å²) in [7, 11) is 0. The zero-order valence-electron chi connectivity index (χ0n) is 11.4. The van der Waals surface area contributed by atoms with Crippen molar-refractivity contribution in [3.8, 4) is 0 Å². The van der Waals surface area contributed by atoms with Gasteiger partial charge in [0.05, 0.1) is 25.5 Å². The molecule has 0 atom stereocenters. The van der Waals surface area contributed by atoms with E-state index in [9.17, 15) is 4.79 Å². The molecule has 8 nitrogen and oxygen atoms in total. The van der Waals surface area contributed by atoms with Gasteiger partial charge in [-0.15, -0.1) is 5.10 Å². The molecule has 2 rings (SSSR count). The fourth-order valence-corrected chi connectivity index (χ4v) is 2.34. The maximum atomic E-state index is 12.2. The maximum Gasteiger partial charge on any atom is 0.276 e. The molecule has 0 aromatic carbocycles. The first-order chi connectivity index (χ1) is 9.76. The van der Waals surface area contributed by atoms with E-state index in [1.54, 1.807) is 10.9 Å². The van der Waals surface area contributed by atoms with Crippen molar-refractivity contribution >= 4 is 5.91 Å². The topological polar surface area (TPSA) is 104 Å². The minimum absolute atomic E-state index is 0.145. The first-order valence-corrected chi connectivity index (χ1v) is 6.89. The number of piperidine rings is 1. The molecule has 0 spiro atoms. The Morgan fingerprint density at radius 2 is 2.00 bits per heavy atom. The standard InChI is InChI=1S/C12H21N5O3/c18-7-5-16(6-8-19)12(20)11-9-17(15-14-11)10-1-3-13-4-2-10/h9-10,13,18-19H,1-8H2. The highest BCUT2D eigenvalue weighted by molar-refractivity contribution is 5.91. The van der Waals surface area contributed by atoms with Gasteiger partial charge in [0.2, 0.25) is 0 Å². The highest BCUT2D eigenvalue weighted by atomic mass is 16.3. The number of hydrogen-bond donors (Lipinski definition) is 3. The van der Waals surface area contributed by atoms with Crippen LogP contribution in [0.5, 0.6) is 0 Å². The Morgan fingerprint density at radius 3 is 2.60 bits per heavy atom. The van der Waals surface area contributed by atoms with Gasteiger partial charge in [-0.1, -0.05) is 5.21 Å². The van der Waals surface area contributed by atoms with Crippen molar-refractivity contribution in [1.29, 1.82) is 0 Å². The van der Waals surface area contributed by atoms with E-state index in [1.165, 1.54) is 4.90 Å². The Hall–Kier alpha value is -1.51. The quantitative estimate of drug-likeness (QED) is 0.595. The maximum absolute atomic E-state index is 12.2. The van der Waals surface area contributed by atoms with Gasteiger partial charge in [-0.25, -0.2) is 4.68 Å². The van der Waals surface area contributed by atoms with Crippen LogP contribution in [-0.2, 0) is 0 Å². The van der Waals surface area contributed by atoms with Crippen molar-refractivity contribution in [2.75, 3.05) is 39.4 Å². The predicted octanol–water partition coefficient (Wildman–Crippen LogP) is -1.37. The molecular formula is C12H21N5O3. The van der Waals surface area contributed by atoms with Gasteiger partial charge in [-0.3, -0.25) is 4.79 Å². The normalized spacial score (nSPS) is 16.3. The van der Waals surface area contributed by atoms with E-state index < -0.39 is 0 Å². The van der Waals surface area contributed by atoms with Crippen molar-refractivity contribution in [2.24, 2.45) is 0 Å². The van der Waals surface area contributed by atoms with E-state index in [0.717, 1.165) is 25.9 Å². The molecule has 0 aliphatic carbocycles. The minimum Gasteiger partial charge on any atom is -0.395 e. The van der Waals surface area contributed by atoms with E-state index in [0.29, 0.717) is 0 Å². The van der Waals surface area contributed by atoms with Crippen LogP contribution in [0.15, 0.2) is 6.20 Å². The number of carbonyl (C=O) groups is 1. The molecule has 2 heterocycles. The van der Waals surface area contributed by atoms with Gasteiger partial charge >= 0.3 is 0 Å². The summed E-state index contributed by atoms with van der Waals surface area (Å²) in [5, 5.41) is 29.1. The lowest BCUT2D eigenvalue weighted by molar-refractivity contribution is 0.0679. The van der Waals surface area contributed by atoms with Gasteiger partial charge < -0.3 is 20.4 Å². The van der Waals surface area contributed by atoms with Gasteiger partial charge in [0.25, 0.3) is 5.91 Å². The second-order valence-electron chi connectivity index (χ2n) is 4.80. The molecule has 0 saturated carbocycles. The fourth-order valence-electron chi connectivity index (χ4n) is 2.34. The molecule has 1 amide bonds. The van der Waals surface area contributed by atoms with E-state index in [-0.39, 0.29) is 43.9 Å². The Labute approximate surface area is 117 Å². The molecule has 1 aliphatic rings. The monoisotopic (exact) mass is 283 g/mol. The summed E-state index contributed by atoms with van der Waals surface area (Å²) in [5.41, 5.74) is 0.255. The molecule has 1 aliphatic heterocycles. The van der Waals surface area contributed by atoms with Crippen LogP contribution < -0.4 is 5.32 Å². The Balaban J connectivity index is 2.04. The van der Waals surface area contributed by atoms with Crippen LogP contribution >= 0.6 is 0 Å². The van der Waals surface area contributed by atoms with Crippen molar-refractivity contribution < 1.29 is 15.0 Å². The summed E-state index contributed by atoms with van der Waals surface area (Å²) in [6.07, 6.45) is 3.59. The summed E-state index contributed by atoms with van der Waals surface area (Å²) in [6.45, 7) is 1.95. The summed E-state index contributed by atoms with van der Waals surface area (Å²) < 4.78 is 1.74. The third-order valence-corrected chi connectivity index (χ3v) is 3.44. The lowest BCUT2D eigenvalue weighted by Crippen LogP contribution is -2.36. The largest absolute Gasteiger partial charge is 0.395 e. The van der Waals surface area contributed by atoms with E-state index in [4.69, 9.17) is 10.2 Å². The van der Waals surface area contributed by atoms with E-state index in [2.05, 4.69) is 15.6 Å². The Morgan fingerprint density at radius 1 is 1.35 bits per heavy atom. The summed E-state index contributed by atoms with van der Waals surface area (Å²) >= 11 is 0. The minimum atomic E-state index is -0.312. The van der Waals surface area contributed by atoms with Crippen molar-refractivity contribution in [2.45, 2.75) is 18.9 Å². The number of aliphatic hydroxyl groups excluding tert-OH is 2. The van der Waals surface area contributed by atoms with Crippen molar-refractivity contribution in [3.05, 3.63) is 11.9 Å². The summed E-state index contributed by atoms with van der Waals surface area (Å²) in [4.78, 5) is 13.6. The van der Waals surface area contributed by atoms with Crippen LogP contribution in [0, 0.1) is 0 Å². The lowest BCUT2D eigenvalue weighted by Gasteiger charge is -2.22. The molecule has 1 fully saturated rings. The number of amides is 1. The number of nitrogens with zero attached hydrogens (tertiary/aromatic N) is 4. The first kappa shape index (κ1) is 14.9. The van der Waals surface area contributed by atoms with Crippen molar-refractivity contribution in [3.63, 3.8) is 0 Å². The third-order valence-electron chi connectivity index (χ3n) is 3.44. The predicted molar refractivity (Wildman–Crippen MR) is 71.2 cm³/mol. The molecule has 20 heavy (non-hydrogen) atoms. The third kappa shape index (κ3) is 3.53. The smallest absolute Gasteiger partial charge is 0.276 e. The van der Waals surface area contributed by atoms with Crippen LogP contribution in [0.2, 0.25) is 0 Å². The molecule has 0 bridgehead atoms. The van der Waals surface area contributed by atoms with Crippen LogP contribution in [0.25, 0.3) is 0 Å². The Kier molecular flexibility index (Phi) is 5.45. The second-order valence-corrected chi connectivity index (χ2v) is 4.80. The van der Waals surface area contributed by atoms with Crippen LogP contribution in [0.1, 0.15) is 29.4 Å². The SMILES string of the molecule is O=C(c1cn(C2CCNCC2)nn1)N(CCO)CCO. The molecule has 1 saturated heterocycles. The average Bonchev–Trinajstić information content (AvgIpc) is 2.97. The molecule has 112 valence electrons. The molecule has 1 aromatic heterocycles. The summed E-state index contributed by atoms with van der Waals surface area (Å²) in [5.74, 6) is -0.312. The Bertz CT molecular complexity index is 424. The fraction of sp³-hybridized carbons (Fsp3) is 0.750. The number of carbonyl (C=O) groups excluding carboxylic acids is 1. The number of aliphatic hydroxyl groups is 2. The lowest BCUT2D eigenvalue weighted by atomic mass is 10.1. The molecular weight excluding hydrogens is 262 g/mol. The summed E-state index contributed by atoms with van der Waals surface area (Å²) in [6, 6.07) is 0.273. The second kappa shape index (κ2) is 7.32. The number of hydrogen-bond acceptors (Lipinski definition) is 6. The molecule has 8 heteroatoms. The highest BCUT2D eigenvalue weighted by Crippen LogP contribution is 2.17. The average molecular weight is 283 g/mol. The van der Waals surface area contributed by atoms with Gasteiger partial charge in [-0.05, 0) is 25.9 Å². The van der Waals surface area contributed by atoms with Crippen LogP contribution in [0.3, 0.4) is 0 Å². The first-order valence-electron chi connectivity index (χ1n) is 6.89. The van der Waals surface area contributed by atoms with Gasteiger partial charge in [0.15, 0.2) is 5.69 Å². The number of nitrogens with one attached hydrogen (secondary N) is 1. The van der Waals surface area contributed by atoms with Gasteiger partial charge in [0.1, 0.15) is 0 Å². The van der Waals surface area contributed by atoms with Crippen LogP contribution in [-0.4, -0.2) is 75.4 Å².